The number of hydrogen-bond acceptors (Lipinski definition) is 13. The molecule has 3 aromatic heterocycles. The zero-order valence-electron chi connectivity index (χ0n) is 37.4. The molecule has 2 aromatic carbocycles. The number of carbonyl (C=O) groups is 1. The minimum absolute atomic E-state index is 0.0448. The number of pyridine rings is 2. The van der Waals surface area contributed by atoms with Crippen molar-refractivity contribution in [1.29, 1.82) is 0 Å². The van der Waals surface area contributed by atoms with Gasteiger partial charge < -0.3 is 29.8 Å². The number of nitrogens with zero attached hydrogens (tertiary/aromatic N) is 5. The van der Waals surface area contributed by atoms with E-state index in [1.54, 1.807) is 37.4 Å². The highest BCUT2D eigenvalue weighted by atomic mass is 32.2. The summed E-state index contributed by atoms with van der Waals surface area (Å²) in [5.41, 5.74) is 3.38. The molecule has 1 unspecified atom stereocenters. The van der Waals surface area contributed by atoms with Crippen molar-refractivity contribution in [3.63, 3.8) is 0 Å². The number of anilines is 2. The van der Waals surface area contributed by atoms with Crippen LogP contribution < -0.4 is 19.7 Å². The van der Waals surface area contributed by atoms with Gasteiger partial charge in [-0.05, 0) is 131 Å². The number of rotatable bonds is 13. The number of nitro groups is 1. The Hall–Kier alpha value is -5.62. The third-order valence-corrected chi connectivity index (χ3v) is 16.2. The van der Waals surface area contributed by atoms with Crippen LogP contribution in [0.4, 0.5) is 17.2 Å². The van der Waals surface area contributed by atoms with Gasteiger partial charge in [-0.15, -0.1) is 0 Å². The highest BCUT2D eigenvalue weighted by Gasteiger charge is 2.50. The van der Waals surface area contributed by atoms with E-state index in [0.717, 1.165) is 88.1 Å². The van der Waals surface area contributed by atoms with E-state index in [-0.39, 0.29) is 40.6 Å². The number of morpholine rings is 1. The van der Waals surface area contributed by atoms with Crippen LogP contribution in [0, 0.1) is 21.4 Å². The summed E-state index contributed by atoms with van der Waals surface area (Å²) >= 11 is 0. The molecule has 5 heterocycles. The highest BCUT2D eigenvalue weighted by molar-refractivity contribution is 7.90. The van der Waals surface area contributed by atoms with Crippen molar-refractivity contribution < 1.29 is 32.7 Å². The van der Waals surface area contributed by atoms with Crippen molar-refractivity contribution >= 4 is 44.2 Å². The molecule has 10 rings (SSSR count). The van der Waals surface area contributed by atoms with Gasteiger partial charge in [0.2, 0.25) is 5.82 Å². The molecule has 348 valence electrons. The molecule has 1 spiro atoms. The lowest BCUT2D eigenvalue weighted by Crippen LogP contribution is -2.59. The van der Waals surface area contributed by atoms with Crippen molar-refractivity contribution in [2.45, 2.75) is 113 Å². The topological polar surface area (TPSA) is 205 Å². The van der Waals surface area contributed by atoms with Crippen molar-refractivity contribution in [3.05, 3.63) is 106 Å². The minimum Gasteiger partial charge on any atom is -0.455 e. The van der Waals surface area contributed by atoms with Crippen LogP contribution in [0.15, 0.2) is 84.1 Å². The van der Waals surface area contributed by atoms with Gasteiger partial charge in [0.25, 0.3) is 15.9 Å². The summed E-state index contributed by atoms with van der Waals surface area (Å²) in [6, 6.07) is 19.4. The molecule has 2 saturated heterocycles. The number of benzene rings is 2. The number of piperidine rings is 1. The number of aliphatic hydroxyl groups is 1. The number of carbonyl (C=O) groups excluding carboxylic acids is 1. The molecule has 5 aliphatic rings. The molecule has 4 N–H and O–H groups in total. The second kappa shape index (κ2) is 17.6. The van der Waals surface area contributed by atoms with Crippen molar-refractivity contribution in [1.82, 2.24) is 24.6 Å². The molecule has 0 radical (unpaired) electrons. The third kappa shape index (κ3) is 9.22. The Bertz CT molecular complexity index is 2730. The smallest absolute Gasteiger partial charge is 0.312 e. The summed E-state index contributed by atoms with van der Waals surface area (Å²) in [6.07, 6.45) is 14.1. The van der Waals surface area contributed by atoms with Gasteiger partial charge in [0.15, 0.2) is 0 Å². The maximum Gasteiger partial charge on any atom is 0.312 e. The molecule has 17 heteroatoms. The predicted molar refractivity (Wildman–Crippen MR) is 249 cm³/mol. The summed E-state index contributed by atoms with van der Waals surface area (Å²) < 4.78 is 42.2. The first-order valence-electron chi connectivity index (χ1n) is 23.4. The molecule has 2 atom stereocenters. The summed E-state index contributed by atoms with van der Waals surface area (Å²) in [6.45, 7) is 7.64. The maximum absolute atomic E-state index is 14.0. The van der Waals surface area contributed by atoms with E-state index in [0.29, 0.717) is 42.7 Å². The molecular formula is C49H58N8O8S. The van der Waals surface area contributed by atoms with Gasteiger partial charge in [0.05, 0.1) is 47.2 Å². The Morgan fingerprint density at radius 3 is 2.50 bits per heavy atom. The average molecular weight is 919 g/mol. The Morgan fingerprint density at radius 1 is 1.00 bits per heavy atom. The summed E-state index contributed by atoms with van der Waals surface area (Å²) in [5, 5.41) is 26.2. The second-order valence-electron chi connectivity index (χ2n) is 19.7. The van der Waals surface area contributed by atoms with Gasteiger partial charge in [-0.2, -0.15) is 0 Å². The maximum atomic E-state index is 14.0. The fourth-order valence-electron chi connectivity index (χ4n) is 10.8. The number of amides is 1. The first kappa shape index (κ1) is 44.2. The number of nitrogens with one attached hydrogen (secondary N) is 3. The highest BCUT2D eigenvalue weighted by Crippen LogP contribution is 2.54. The number of fused-ring (bicyclic) bond motifs is 1. The van der Waals surface area contributed by atoms with Crippen molar-refractivity contribution in [2.24, 2.45) is 11.3 Å². The van der Waals surface area contributed by atoms with Crippen LogP contribution in [0.5, 0.6) is 11.5 Å². The van der Waals surface area contributed by atoms with Gasteiger partial charge in [0.1, 0.15) is 22.0 Å². The van der Waals surface area contributed by atoms with E-state index in [1.807, 2.05) is 6.07 Å². The van der Waals surface area contributed by atoms with Crippen LogP contribution in [-0.2, 0) is 14.8 Å². The molecule has 2 aliphatic heterocycles. The molecule has 1 amide bonds. The molecule has 5 aromatic rings. The van der Waals surface area contributed by atoms with Crippen molar-refractivity contribution in [3.8, 4) is 11.5 Å². The van der Waals surface area contributed by atoms with Crippen molar-refractivity contribution in [2.75, 3.05) is 43.0 Å². The van der Waals surface area contributed by atoms with Gasteiger partial charge in [-0.1, -0.05) is 24.3 Å². The zero-order valence-corrected chi connectivity index (χ0v) is 38.3. The number of H-pyrrole nitrogens is 1. The Balaban J connectivity index is 0.838. The van der Waals surface area contributed by atoms with Gasteiger partial charge in [-0.25, -0.2) is 23.1 Å². The second-order valence-corrected chi connectivity index (χ2v) is 21.4. The van der Waals surface area contributed by atoms with Gasteiger partial charge >= 0.3 is 5.69 Å². The van der Waals surface area contributed by atoms with E-state index in [4.69, 9.17) is 9.47 Å². The quantitative estimate of drug-likeness (QED) is 0.0650. The molecule has 3 aliphatic carbocycles. The summed E-state index contributed by atoms with van der Waals surface area (Å²) in [7, 11) is -4.63. The standard InChI is InChI=1S/C49H58N8O8S/c1-31-29-56(43(30-64-31)40-6-4-3-5-39(40)33-7-8-33)36-24-49(25-36)16-19-55(20-17-49)35-9-10-41(44(22-35)65-37-21-34-13-18-50-45(34)52-27-37)47(58)54-66(62,63)38-23-42(57(60)61)46(53-28-38)51-26-32-11-14-48(2,59)15-12-32/h3-6,9-10,13,18,21-23,27-28,31-33,36,43,59H,7-8,11-12,14-17,19-20,24-26,29-30H2,1-2H3,(H,50,52)(H,51,53)(H,54,58)/t31?,32?,43-,48?/m1/s1. The lowest BCUT2D eigenvalue weighted by molar-refractivity contribution is -0.384. The molecule has 0 bridgehead atoms. The van der Waals surface area contributed by atoms with Crippen LogP contribution >= 0.6 is 0 Å². The predicted octanol–water partition coefficient (Wildman–Crippen LogP) is 8.22. The van der Waals surface area contributed by atoms with E-state index >= 15 is 0 Å². The van der Waals surface area contributed by atoms with E-state index in [2.05, 4.69) is 66.0 Å². The Labute approximate surface area is 384 Å². The van der Waals surface area contributed by atoms with E-state index in [1.165, 1.54) is 30.2 Å². The number of aromatic amines is 1. The van der Waals surface area contributed by atoms with Crippen LogP contribution in [0.25, 0.3) is 11.0 Å². The monoisotopic (exact) mass is 918 g/mol. The first-order chi connectivity index (χ1) is 31.7. The number of ether oxygens (including phenoxy) is 2. The fourth-order valence-corrected chi connectivity index (χ4v) is 11.8. The third-order valence-electron chi connectivity index (χ3n) is 14.9. The molecule has 16 nitrogen and oxygen atoms in total. The van der Waals surface area contributed by atoms with Crippen LogP contribution in [0.3, 0.4) is 0 Å². The van der Waals surface area contributed by atoms with Crippen LogP contribution in [-0.4, -0.2) is 94.7 Å². The normalized spacial score (nSPS) is 24.8. The van der Waals surface area contributed by atoms with Gasteiger partial charge in [-0.3, -0.25) is 19.8 Å². The summed E-state index contributed by atoms with van der Waals surface area (Å²) in [5.74, 6) is 0.277. The molecule has 5 fully saturated rings. The van der Waals surface area contributed by atoms with Crippen LogP contribution in [0.2, 0.25) is 0 Å². The van der Waals surface area contributed by atoms with Gasteiger partial charge in [0, 0.05) is 61.6 Å². The summed E-state index contributed by atoms with van der Waals surface area (Å²) in [4.78, 5) is 41.5. The van der Waals surface area contributed by atoms with E-state index in [9.17, 15) is 28.4 Å². The lowest BCUT2D eigenvalue weighted by atomic mass is 9.59. The first-order valence-corrected chi connectivity index (χ1v) is 24.8. The largest absolute Gasteiger partial charge is 0.455 e. The minimum atomic E-state index is -4.63. The average Bonchev–Trinajstić information content (AvgIpc) is 4.04. The number of sulfonamides is 1. The zero-order chi connectivity index (χ0) is 45.8. The Kier molecular flexibility index (Phi) is 11.8. The molecule has 66 heavy (non-hydrogen) atoms. The number of aromatic nitrogens is 3. The Morgan fingerprint density at radius 2 is 1.76 bits per heavy atom. The fraction of sp³-hybridized carbons (Fsp3) is 0.490. The lowest BCUT2D eigenvalue weighted by Gasteiger charge is -2.58. The molecular weight excluding hydrogens is 861 g/mol. The van der Waals surface area contributed by atoms with E-state index < -0.39 is 37.0 Å². The number of hydrogen-bond donors (Lipinski definition) is 4. The molecule has 3 saturated carbocycles. The van der Waals surface area contributed by atoms with Crippen LogP contribution in [0.1, 0.15) is 112 Å². The SMILES string of the molecule is CC1CN(C2CC3(CCN(c4ccc(C(=O)NS(=O)(=O)c5cnc(NCC6CCC(C)(O)CC6)c([N+](=O)[O-])c5)c(Oc5cnc6[nH]ccc6c5)c4)CC3)C2)[C@@H](c2ccccc2C2CC2)CO1.